The molecular weight excluding hydrogens is 252 g/mol. The molecule has 2 N–H and O–H groups in total. The summed E-state index contributed by atoms with van der Waals surface area (Å²) in [6, 6.07) is 3.06. The molecule has 0 saturated heterocycles. The van der Waals surface area contributed by atoms with Gasteiger partial charge < -0.3 is 5.73 Å². The van der Waals surface area contributed by atoms with Crippen molar-refractivity contribution in [1.29, 1.82) is 0 Å². The summed E-state index contributed by atoms with van der Waals surface area (Å²) in [5, 5.41) is 0. The molecule has 14 heavy (non-hydrogen) atoms. The Labute approximate surface area is 89.4 Å². The highest BCUT2D eigenvalue weighted by Gasteiger charge is 2.37. The molecule has 1 nitrogen and oxygen atoms in total. The van der Waals surface area contributed by atoms with Gasteiger partial charge in [0.15, 0.2) is 11.6 Å². The van der Waals surface area contributed by atoms with E-state index in [0.717, 1.165) is 19.3 Å². The van der Waals surface area contributed by atoms with Crippen molar-refractivity contribution in [2.45, 2.75) is 24.8 Å². The molecule has 1 aromatic rings. The van der Waals surface area contributed by atoms with Crippen molar-refractivity contribution in [2.75, 3.05) is 0 Å². The van der Waals surface area contributed by atoms with Crippen molar-refractivity contribution >= 4 is 15.9 Å². The third-order valence-corrected chi connectivity index (χ3v) is 3.43. The lowest BCUT2D eigenvalue weighted by Crippen LogP contribution is -2.44. The Kier molecular flexibility index (Phi) is 2.35. The Hall–Kier alpha value is -0.480. The first-order valence-electron chi connectivity index (χ1n) is 4.47. The second kappa shape index (κ2) is 3.28. The predicted molar refractivity (Wildman–Crippen MR) is 53.8 cm³/mol. The van der Waals surface area contributed by atoms with E-state index in [1.165, 1.54) is 6.07 Å². The van der Waals surface area contributed by atoms with Crippen LogP contribution in [0.15, 0.2) is 16.6 Å². The van der Waals surface area contributed by atoms with Crippen LogP contribution < -0.4 is 5.73 Å². The normalized spacial score (nSPS) is 19.1. The van der Waals surface area contributed by atoms with Crippen molar-refractivity contribution in [3.63, 3.8) is 0 Å². The Morgan fingerprint density at radius 3 is 2.36 bits per heavy atom. The van der Waals surface area contributed by atoms with Crippen molar-refractivity contribution in [1.82, 2.24) is 0 Å². The Bertz CT molecular complexity index is 375. The molecule has 0 radical (unpaired) electrons. The lowest BCUT2D eigenvalue weighted by molar-refractivity contribution is 0.242. The molecule has 0 unspecified atom stereocenters. The maximum absolute atomic E-state index is 13.5. The van der Waals surface area contributed by atoms with Crippen LogP contribution in [0.2, 0.25) is 0 Å². The zero-order valence-corrected chi connectivity index (χ0v) is 9.07. The molecule has 0 aromatic heterocycles. The third-order valence-electron chi connectivity index (χ3n) is 2.82. The number of nitrogens with two attached hydrogens (primary N) is 1. The molecule has 76 valence electrons. The first-order chi connectivity index (χ1) is 6.54. The van der Waals surface area contributed by atoms with Gasteiger partial charge in [-0.1, -0.05) is 6.07 Å². The average Bonchev–Trinajstić information content (AvgIpc) is 2.11. The summed E-state index contributed by atoms with van der Waals surface area (Å²) < 4.78 is 26.8. The largest absolute Gasteiger partial charge is 0.321 e. The zero-order chi connectivity index (χ0) is 10.3. The van der Waals surface area contributed by atoms with Gasteiger partial charge in [-0.05, 0) is 41.3 Å². The molecule has 0 atom stereocenters. The van der Waals surface area contributed by atoms with Gasteiger partial charge in [-0.2, -0.15) is 0 Å². The molecule has 0 spiro atoms. The maximum Gasteiger partial charge on any atom is 0.173 e. The molecule has 0 amide bonds. The standard InChI is InChI=1S/C10H10BrF2N/c11-7-3-2-6(8(12)9(7)13)10(14)4-1-5-10/h2-3H,1,4-5,14H2. The molecule has 1 aliphatic carbocycles. The highest BCUT2D eigenvalue weighted by molar-refractivity contribution is 9.10. The van der Waals surface area contributed by atoms with E-state index < -0.39 is 17.2 Å². The van der Waals surface area contributed by atoms with Crippen LogP contribution in [0, 0.1) is 11.6 Å². The van der Waals surface area contributed by atoms with Gasteiger partial charge in [0, 0.05) is 11.1 Å². The zero-order valence-electron chi connectivity index (χ0n) is 7.49. The lowest BCUT2D eigenvalue weighted by Gasteiger charge is -2.38. The van der Waals surface area contributed by atoms with Gasteiger partial charge in [0.1, 0.15) is 0 Å². The second-order valence-electron chi connectivity index (χ2n) is 3.73. The van der Waals surface area contributed by atoms with Gasteiger partial charge >= 0.3 is 0 Å². The molecule has 0 aliphatic heterocycles. The van der Waals surface area contributed by atoms with Crippen molar-refractivity contribution in [2.24, 2.45) is 5.73 Å². The van der Waals surface area contributed by atoms with Gasteiger partial charge in [0.05, 0.1) is 4.47 Å². The summed E-state index contributed by atoms with van der Waals surface area (Å²) in [4.78, 5) is 0. The average molecular weight is 262 g/mol. The topological polar surface area (TPSA) is 26.0 Å². The number of halogens is 3. The van der Waals surface area contributed by atoms with Crippen LogP contribution in [-0.4, -0.2) is 0 Å². The van der Waals surface area contributed by atoms with Gasteiger partial charge in [-0.25, -0.2) is 8.78 Å². The molecule has 1 aliphatic rings. The van der Waals surface area contributed by atoms with Gasteiger partial charge in [0.25, 0.3) is 0 Å². The molecule has 1 aromatic carbocycles. The first-order valence-corrected chi connectivity index (χ1v) is 5.27. The van der Waals surface area contributed by atoms with E-state index in [1.54, 1.807) is 6.07 Å². The van der Waals surface area contributed by atoms with E-state index in [1.807, 2.05) is 0 Å². The first kappa shape index (κ1) is 10.1. The number of rotatable bonds is 1. The van der Waals surface area contributed by atoms with E-state index in [9.17, 15) is 8.78 Å². The van der Waals surface area contributed by atoms with Gasteiger partial charge in [-0.3, -0.25) is 0 Å². The minimum Gasteiger partial charge on any atom is -0.321 e. The van der Waals surface area contributed by atoms with E-state index in [0.29, 0.717) is 5.56 Å². The van der Waals surface area contributed by atoms with Crippen LogP contribution in [0.1, 0.15) is 24.8 Å². The lowest BCUT2D eigenvalue weighted by atomic mass is 9.72. The highest BCUT2D eigenvalue weighted by atomic mass is 79.9. The molecule has 4 heteroatoms. The summed E-state index contributed by atoms with van der Waals surface area (Å²) in [5.41, 5.74) is 5.57. The van der Waals surface area contributed by atoms with Crippen LogP contribution in [-0.2, 0) is 5.54 Å². The third kappa shape index (κ3) is 1.37. The Morgan fingerprint density at radius 2 is 1.86 bits per heavy atom. The highest BCUT2D eigenvalue weighted by Crippen LogP contribution is 2.40. The van der Waals surface area contributed by atoms with Crippen molar-refractivity contribution < 1.29 is 8.78 Å². The van der Waals surface area contributed by atoms with Crippen molar-refractivity contribution in [3.05, 3.63) is 33.8 Å². The Balaban J connectivity index is 2.49. The second-order valence-corrected chi connectivity index (χ2v) is 4.59. The summed E-state index contributed by atoms with van der Waals surface area (Å²) >= 11 is 2.93. The van der Waals surface area contributed by atoms with Gasteiger partial charge in [0.2, 0.25) is 0 Å². The molecule has 0 heterocycles. The van der Waals surface area contributed by atoms with E-state index in [4.69, 9.17) is 5.73 Å². The van der Waals surface area contributed by atoms with E-state index in [2.05, 4.69) is 15.9 Å². The minimum absolute atomic E-state index is 0.140. The molecule has 1 fully saturated rings. The van der Waals surface area contributed by atoms with Crippen LogP contribution in [0.5, 0.6) is 0 Å². The monoisotopic (exact) mass is 261 g/mol. The van der Waals surface area contributed by atoms with Crippen LogP contribution in [0.25, 0.3) is 0 Å². The molecule has 0 bridgehead atoms. The maximum atomic E-state index is 13.5. The van der Waals surface area contributed by atoms with E-state index >= 15 is 0 Å². The van der Waals surface area contributed by atoms with Crippen LogP contribution >= 0.6 is 15.9 Å². The van der Waals surface area contributed by atoms with E-state index in [-0.39, 0.29) is 4.47 Å². The van der Waals surface area contributed by atoms with Crippen LogP contribution in [0.4, 0.5) is 8.78 Å². The number of hydrogen-bond donors (Lipinski definition) is 1. The predicted octanol–water partition coefficient (Wildman–Crippen LogP) is 3.07. The summed E-state index contributed by atoms with van der Waals surface area (Å²) in [5.74, 6) is -1.67. The quantitative estimate of drug-likeness (QED) is 0.773. The Morgan fingerprint density at radius 1 is 1.21 bits per heavy atom. The molecule has 2 rings (SSSR count). The number of benzene rings is 1. The smallest absolute Gasteiger partial charge is 0.173 e. The summed E-state index contributed by atoms with van der Waals surface area (Å²) in [7, 11) is 0. The fourth-order valence-electron chi connectivity index (χ4n) is 1.74. The summed E-state index contributed by atoms with van der Waals surface area (Å²) in [6.45, 7) is 0. The number of hydrogen-bond acceptors (Lipinski definition) is 1. The van der Waals surface area contributed by atoms with Crippen molar-refractivity contribution in [3.8, 4) is 0 Å². The molecule has 1 saturated carbocycles. The summed E-state index contributed by atoms with van der Waals surface area (Å²) in [6.07, 6.45) is 2.43. The minimum atomic E-state index is -0.848. The van der Waals surface area contributed by atoms with Crippen LogP contribution in [0.3, 0.4) is 0 Å². The fraction of sp³-hybridized carbons (Fsp3) is 0.400. The fourth-order valence-corrected chi connectivity index (χ4v) is 2.04. The SMILES string of the molecule is NC1(c2ccc(Br)c(F)c2F)CCC1. The molecular formula is C10H10BrF2N. The van der Waals surface area contributed by atoms with Gasteiger partial charge in [-0.15, -0.1) is 0 Å².